The summed E-state index contributed by atoms with van der Waals surface area (Å²) in [5.41, 5.74) is -0.841. The number of carboxylic acids is 1. The normalized spacial score (nSPS) is 21.3. The molecular weight excluding hydrogens is 527 g/mol. The van der Waals surface area contributed by atoms with E-state index in [4.69, 9.17) is 14.2 Å². The highest BCUT2D eigenvalue weighted by molar-refractivity contribution is 5.96. The molecule has 0 saturated heterocycles. The van der Waals surface area contributed by atoms with Gasteiger partial charge in [0, 0.05) is 12.3 Å². The molecule has 0 heterocycles. The maximum atomic E-state index is 14.5. The molecule has 1 aliphatic carbocycles. The predicted octanol–water partition coefficient (Wildman–Crippen LogP) is 6.96. The largest absolute Gasteiger partial charge is 0.493 e. The SMILES string of the molecule is CCOc1cc(C(C)C(CCCCc2ccccc2)C(=O)CC2(C(=O)O)CC(C)(F)C2)cc(OCC)c1C(=O)OC. The number of alkyl halides is 1. The van der Waals surface area contributed by atoms with Crippen molar-refractivity contribution in [2.24, 2.45) is 11.3 Å². The number of halogens is 1. The van der Waals surface area contributed by atoms with Gasteiger partial charge in [0.2, 0.25) is 0 Å². The zero-order valence-corrected chi connectivity index (χ0v) is 24.8. The average Bonchev–Trinajstić information content (AvgIpc) is 2.91. The second-order valence-corrected chi connectivity index (χ2v) is 11.4. The predicted molar refractivity (Wildman–Crippen MR) is 154 cm³/mol. The number of carboxylic acid groups (broad SMARTS) is 1. The monoisotopic (exact) mass is 570 g/mol. The van der Waals surface area contributed by atoms with Gasteiger partial charge in [-0.15, -0.1) is 0 Å². The summed E-state index contributed by atoms with van der Waals surface area (Å²) in [5, 5.41) is 9.94. The van der Waals surface area contributed by atoms with E-state index >= 15 is 0 Å². The summed E-state index contributed by atoms with van der Waals surface area (Å²) in [5.74, 6) is -2.16. The number of carbonyl (C=O) groups is 3. The van der Waals surface area contributed by atoms with Gasteiger partial charge >= 0.3 is 11.9 Å². The Bertz CT molecular complexity index is 1170. The van der Waals surface area contributed by atoms with E-state index in [2.05, 4.69) is 12.1 Å². The lowest BCUT2D eigenvalue weighted by molar-refractivity contribution is -0.170. The molecule has 0 aliphatic heterocycles. The Labute approximate surface area is 242 Å². The van der Waals surface area contributed by atoms with Gasteiger partial charge in [0.05, 0.1) is 25.7 Å². The highest BCUT2D eigenvalue weighted by Crippen LogP contribution is 2.54. The Morgan fingerprint density at radius 3 is 2.07 bits per heavy atom. The Kier molecular flexibility index (Phi) is 10.9. The number of aliphatic carboxylic acids is 1. The van der Waals surface area contributed by atoms with Gasteiger partial charge in [-0.05, 0) is 82.1 Å². The van der Waals surface area contributed by atoms with Gasteiger partial charge < -0.3 is 19.3 Å². The summed E-state index contributed by atoms with van der Waals surface area (Å²) in [6.07, 6.45) is 2.47. The number of hydrogen-bond acceptors (Lipinski definition) is 6. The number of methoxy groups -OCH3 is 1. The molecule has 3 rings (SSSR count). The van der Waals surface area contributed by atoms with Crippen molar-refractivity contribution >= 4 is 17.7 Å². The number of benzene rings is 2. The molecule has 2 aromatic carbocycles. The van der Waals surface area contributed by atoms with E-state index in [1.54, 1.807) is 26.0 Å². The number of Topliss-reactive ketones (excluding diaryl/α,β-unsaturated/α-hetero) is 1. The van der Waals surface area contributed by atoms with Crippen LogP contribution in [0.1, 0.15) is 93.6 Å². The first-order valence-electron chi connectivity index (χ1n) is 14.5. The number of hydrogen-bond donors (Lipinski definition) is 1. The van der Waals surface area contributed by atoms with Crippen LogP contribution in [0.5, 0.6) is 11.5 Å². The molecule has 224 valence electrons. The van der Waals surface area contributed by atoms with Gasteiger partial charge in [0.15, 0.2) is 0 Å². The topological polar surface area (TPSA) is 99.1 Å². The molecular formula is C33H43FO7. The fourth-order valence-electron chi connectivity index (χ4n) is 6.15. The fourth-order valence-corrected chi connectivity index (χ4v) is 6.15. The van der Waals surface area contributed by atoms with Gasteiger partial charge in [0.25, 0.3) is 0 Å². The van der Waals surface area contributed by atoms with Crippen LogP contribution in [0.15, 0.2) is 42.5 Å². The molecule has 0 bridgehead atoms. The number of ether oxygens (including phenoxy) is 3. The molecule has 41 heavy (non-hydrogen) atoms. The Hall–Kier alpha value is -3.42. The highest BCUT2D eigenvalue weighted by Gasteiger charge is 2.58. The van der Waals surface area contributed by atoms with E-state index in [0.29, 0.717) is 31.1 Å². The standard InChI is InChI=1S/C33H43FO7/c1-6-40-27-17-24(18-28(41-7-2)29(27)30(36)39-5)22(3)25(16-12-11-15-23-13-9-8-10-14-23)26(35)19-33(31(37)38)20-32(4,34)21-33/h8-10,13-14,17-18,22,25H,6-7,11-12,15-16,19-21H2,1-5H3,(H,37,38). The molecule has 2 unspecified atom stereocenters. The number of rotatable bonds is 16. The van der Waals surface area contributed by atoms with Crippen LogP contribution in [0.3, 0.4) is 0 Å². The van der Waals surface area contributed by atoms with Crippen LogP contribution in [-0.4, -0.2) is 48.8 Å². The number of carbonyl (C=O) groups excluding carboxylic acids is 2. The molecule has 1 fully saturated rings. The lowest BCUT2D eigenvalue weighted by Crippen LogP contribution is -2.53. The van der Waals surface area contributed by atoms with Gasteiger partial charge in [-0.25, -0.2) is 9.18 Å². The summed E-state index contributed by atoms with van der Waals surface area (Å²) in [6, 6.07) is 13.6. The quantitative estimate of drug-likeness (QED) is 0.172. The summed E-state index contributed by atoms with van der Waals surface area (Å²) in [4.78, 5) is 38.6. The maximum Gasteiger partial charge on any atom is 0.345 e. The zero-order chi connectivity index (χ0) is 30.2. The summed E-state index contributed by atoms with van der Waals surface area (Å²) in [6.45, 7) is 7.52. The maximum absolute atomic E-state index is 14.5. The van der Waals surface area contributed by atoms with E-state index in [1.807, 2.05) is 25.1 Å². The second kappa shape index (κ2) is 14.0. The van der Waals surface area contributed by atoms with Crippen LogP contribution < -0.4 is 9.47 Å². The van der Waals surface area contributed by atoms with Crippen molar-refractivity contribution in [3.63, 3.8) is 0 Å². The van der Waals surface area contributed by atoms with Crippen LogP contribution in [0.4, 0.5) is 4.39 Å². The smallest absolute Gasteiger partial charge is 0.345 e. The van der Waals surface area contributed by atoms with Crippen molar-refractivity contribution in [3.8, 4) is 11.5 Å². The number of unbranched alkanes of at least 4 members (excludes halogenated alkanes) is 1. The highest BCUT2D eigenvalue weighted by atomic mass is 19.1. The van der Waals surface area contributed by atoms with Gasteiger partial charge in [-0.1, -0.05) is 43.7 Å². The Morgan fingerprint density at radius 2 is 1.59 bits per heavy atom. The molecule has 7 nitrogen and oxygen atoms in total. The van der Waals surface area contributed by atoms with Crippen LogP contribution in [0.25, 0.3) is 0 Å². The van der Waals surface area contributed by atoms with Crippen LogP contribution >= 0.6 is 0 Å². The fraction of sp³-hybridized carbons (Fsp3) is 0.545. The van der Waals surface area contributed by atoms with Crippen LogP contribution in [0.2, 0.25) is 0 Å². The molecule has 1 aliphatic rings. The summed E-state index contributed by atoms with van der Waals surface area (Å²) in [7, 11) is 1.29. The zero-order valence-electron chi connectivity index (χ0n) is 24.8. The third-order valence-corrected chi connectivity index (χ3v) is 8.07. The lowest BCUT2D eigenvalue weighted by atomic mass is 9.57. The third kappa shape index (κ3) is 7.86. The molecule has 1 N–H and O–H groups in total. The molecule has 0 radical (unpaired) electrons. The van der Waals surface area contributed by atoms with Gasteiger partial charge in [-0.3, -0.25) is 9.59 Å². The van der Waals surface area contributed by atoms with Crippen LogP contribution in [0, 0.1) is 11.3 Å². The molecule has 0 aromatic heterocycles. The number of esters is 1. The summed E-state index contributed by atoms with van der Waals surface area (Å²) < 4.78 is 31.0. The van der Waals surface area contributed by atoms with Crippen molar-refractivity contribution in [2.75, 3.05) is 20.3 Å². The minimum absolute atomic E-state index is 0.174. The van der Waals surface area contributed by atoms with E-state index in [1.165, 1.54) is 19.6 Å². The molecule has 0 spiro atoms. The summed E-state index contributed by atoms with van der Waals surface area (Å²) >= 11 is 0. The molecule has 8 heteroatoms. The van der Waals surface area contributed by atoms with Crippen molar-refractivity contribution in [1.82, 2.24) is 0 Å². The lowest BCUT2D eigenvalue weighted by Gasteiger charge is -2.47. The van der Waals surface area contributed by atoms with E-state index in [0.717, 1.165) is 24.8 Å². The van der Waals surface area contributed by atoms with Crippen LogP contribution in [-0.2, 0) is 20.7 Å². The molecule has 2 atom stereocenters. The van der Waals surface area contributed by atoms with E-state index < -0.39 is 28.9 Å². The first-order chi connectivity index (χ1) is 19.5. The van der Waals surface area contributed by atoms with Crippen molar-refractivity contribution in [2.45, 2.75) is 84.2 Å². The minimum atomic E-state index is -1.59. The average molecular weight is 571 g/mol. The number of ketones is 1. The minimum Gasteiger partial charge on any atom is -0.493 e. The number of aryl methyl sites for hydroxylation is 1. The van der Waals surface area contributed by atoms with E-state index in [-0.39, 0.29) is 36.5 Å². The van der Waals surface area contributed by atoms with Gasteiger partial charge in [0.1, 0.15) is 28.5 Å². The van der Waals surface area contributed by atoms with Crippen molar-refractivity contribution in [3.05, 3.63) is 59.2 Å². The van der Waals surface area contributed by atoms with Gasteiger partial charge in [-0.2, -0.15) is 0 Å². The third-order valence-electron chi connectivity index (χ3n) is 8.07. The Balaban J connectivity index is 1.93. The van der Waals surface area contributed by atoms with Crippen molar-refractivity contribution in [1.29, 1.82) is 0 Å². The first-order valence-corrected chi connectivity index (χ1v) is 14.5. The Morgan fingerprint density at radius 1 is 1.00 bits per heavy atom. The molecule has 2 aromatic rings. The van der Waals surface area contributed by atoms with E-state index in [9.17, 15) is 23.9 Å². The second-order valence-electron chi connectivity index (χ2n) is 11.4. The first kappa shape index (κ1) is 32.1. The molecule has 0 amide bonds. The van der Waals surface area contributed by atoms with Crippen molar-refractivity contribution < 1.29 is 38.1 Å². The molecule has 1 saturated carbocycles.